The lowest BCUT2D eigenvalue weighted by atomic mass is 10.1. The Kier molecular flexibility index (Phi) is 8.89. The predicted octanol–water partition coefficient (Wildman–Crippen LogP) is 3.78. The van der Waals surface area contributed by atoms with Crippen LogP contribution in [-0.2, 0) is 0 Å². The second-order valence-corrected chi connectivity index (χ2v) is 7.16. The summed E-state index contributed by atoms with van der Waals surface area (Å²) >= 11 is 4.11. The molecule has 16 heavy (non-hydrogen) atoms. The van der Waals surface area contributed by atoms with Crippen LogP contribution in [-0.4, -0.2) is 35.6 Å². The highest BCUT2D eigenvalue weighted by molar-refractivity contribution is 8.00. The molecule has 0 bridgehead atoms. The van der Waals surface area contributed by atoms with Crippen LogP contribution in [0.2, 0.25) is 0 Å². The summed E-state index contributed by atoms with van der Waals surface area (Å²) in [6.45, 7) is 3.61. The van der Waals surface area contributed by atoms with E-state index in [0.717, 1.165) is 11.3 Å². The molecule has 1 nitrogen and oxygen atoms in total. The fraction of sp³-hybridized carbons (Fsp3) is 1.00. The van der Waals surface area contributed by atoms with Crippen molar-refractivity contribution in [2.75, 3.05) is 24.3 Å². The van der Waals surface area contributed by atoms with Crippen molar-refractivity contribution in [2.24, 2.45) is 0 Å². The van der Waals surface area contributed by atoms with Gasteiger partial charge in [0.25, 0.3) is 0 Å². The highest BCUT2D eigenvalue weighted by atomic mass is 32.2. The molecule has 1 aliphatic rings. The average Bonchev–Trinajstić information content (AvgIpc) is 2.30. The van der Waals surface area contributed by atoms with E-state index in [1.807, 2.05) is 11.8 Å². The molecule has 0 saturated carbocycles. The fourth-order valence-corrected chi connectivity index (χ4v) is 3.87. The van der Waals surface area contributed by atoms with Crippen molar-refractivity contribution >= 4 is 23.5 Å². The molecule has 1 aliphatic heterocycles. The molecule has 1 saturated heterocycles. The van der Waals surface area contributed by atoms with Crippen molar-refractivity contribution in [2.45, 2.75) is 56.7 Å². The topological polar surface area (TPSA) is 12.0 Å². The molecule has 1 rings (SSSR count). The molecule has 96 valence electrons. The van der Waals surface area contributed by atoms with E-state index in [0.29, 0.717) is 0 Å². The smallest absolute Gasteiger partial charge is 0.0184 e. The van der Waals surface area contributed by atoms with Crippen molar-refractivity contribution in [3.05, 3.63) is 0 Å². The van der Waals surface area contributed by atoms with Crippen LogP contribution in [0.4, 0.5) is 0 Å². The summed E-state index contributed by atoms with van der Waals surface area (Å²) in [6, 6.07) is 0.782. The van der Waals surface area contributed by atoms with Crippen LogP contribution in [0.1, 0.15) is 45.4 Å². The largest absolute Gasteiger partial charge is 0.313 e. The van der Waals surface area contributed by atoms with E-state index in [1.54, 1.807) is 0 Å². The molecule has 0 radical (unpaired) electrons. The summed E-state index contributed by atoms with van der Waals surface area (Å²) in [5.74, 6) is 2.71. The lowest BCUT2D eigenvalue weighted by Crippen LogP contribution is -2.39. The van der Waals surface area contributed by atoms with Gasteiger partial charge in [-0.15, -0.1) is 0 Å². The molecular formula is C13H27NS2. The molecular weight excluding hydrogens is 234 g/mol. The van der Waals surface area contributed by atoms with Gasteiger partial charge in [0.15, 0.2) is 0 Å². The Morgan fingerprint density at radius 3 is 2.81 bits per heavy atom. The van der Waals surface area contributed by atoms with E-state index >= 15 is 0 Å². The Labute approximate surface area is 110 Å². The van der Waals surface area contributed by atoms with Gasteiger partial charge in [-0.3, -0.25) is 0 Å². The molecule has 2 unspecified atom stereocenters. The van der Waals surface area contributed by atoms with Gasteiger partial charge in [-0.1, -0.05) is 19.8 Å². The Balaban J connectivity index is 1.90. The van der Waals surface area contributed by atoms with Crippen molar-refractivity contribution in [3.63, 3.8) is 0 Å². The highest BCUT2D eigenvalue weighted by Crippen LogP contribution is 2.24. The first-order valence-electron chi connectivity index (χ1n) is 6.68. The molecule has 0 aliphatic carbocycles. The van der Waals surface area contributed by atoms with Gasteiger partial charge in [0.1, 0.15) is 0 Å². The summed E-state index contributed by atoms with van der Waals surface area (Å²) in [5.41, 5.74) is 0. The first-order valence-corrected chi connectivity index (χ1v) is 9.13. The summed E-state index contributed by atoms with van der Waals surface area (Å²) in [7, 11) is 0. The Hall–Kier alpha value is 0.660. The SMILES string of the molecule is CSCCCCCCNC1CCCSC1C. The first kappa shape index (κ1) is 14.7. The van der Waals surface area contributed by atoms with Crippen LogP contribution in [0.15, 0.2) is 0 Å². The van der Waals surface area contributed by atoms with E-state index in [2.05, 4.69) is 30.3 Å². The second-order valence-electron chi connectivity index (χ2n) is 4.69. The molecule has 3 heteroatoms. The number of nitrogens with one attached hydrogen (secondary N) is 1. The molecule has 1 heterocycles. The first-order chi connectivity index (χ1) is 7.84. The number of hydrogen-bond donors (Lipinski definition) is 1. The lowest BCUT2D eigenvalue weighted by Gasteiger charge is -2.29. The van der Waals surface area contributed by atoms with Crippen LogP contribution in [0.3, 0.4) is 0 Å². The third kappa shape index (κ3) is 6.41. The number of unbranched alkanes of at least 4 members (excludes halogenated alkanes) is 3. The van der Waals surface area contributed by atoms with Crippen molar-refractivity contribution < 1.29 is 0 Å². The number of thioether (sulfide) groups is 2. The predicted molar refractivity (Wildman–Crippen MR) is 79.8 cm³/mol. The zero-order valence-corrected chi connectivity index (χ0v) is 12.5. The van der Waals surface area contributed by atoms with E-state index in [9.17, 15) is 0 Å². The Morgan fingerprint density at radius 2 is 2.06 bits per heavy atom. The molecule has 1 fully saturated rings. The van der Waals surface area contributed by atoms with Crippen LogP contribution < -0.4 is 5.32 Å². The molecule has 0 aromatic carbocycles. The third-order valence-corrected chi connectivity index (χ3v) is 5.36. The van der Waals surface area contributed by atoms with Crippen molar-refractivity contribution in [1.29, 1.82) is 0 Å². The van der Waals surface area contributed by atoms with E-state index < -0.39 is 0 Å². The van der Waals surface area contributed by atoms with E-state index in [4.69, 9.17) is 0 Å². The van der Waals surface area contributed by atoms with E-state index in [-0.39, 0.29) is 0 Å². The maximum Gasteiger partial charge on any atom is 0.0184 e. The molecule has 2 atom stereocenters. The lowest BCUT2D eigenvalue weighted by molar-refractivity contribution is 0.452. The zero-order chi connectivity index (χ0) is 11.6. The average molecular weight is 262 g/mol. The van der Waals surface area contributed by atoms with Crippen LogP contribution in [0.25, 0.3) is 0 Å². The van der Waals surface area contributed by atoms with Crippen LogP contribution in [0.5, 0.6) is 0 Å². The third-order valence-electron chi connectivity index (χ3n) is 3.29. The van der Waals surface area contributed by atoms with Gasteiger partial charge in [0, 0.05) is 11.3 Å². The maximum atomic E-state index is 3.74. The summed E-state index contributed by atoms with van der Waals surface area (Å²) in [6.07, 6.45) is 10.6. The normalized spacial score (nSPS) is 25.9. The number of hydrogen-bond acceptors (Lipinski definition) is 3. The van der Waals surface area contributed by atoms with Crippen LogP contribution in [0, 0.1) is 0 Å². The summed E-state index contributed by atoms with van der Waals surface area (Å²) in [5, 5.41) is 4.56. The quantitative estimate of drug-likeness (QED) is 0.668. The molecule has 0 aromatic heterocycles. The monoisotopic (exact) mass is 261 g/mol. The maximum absolute atomic E-state index is 3.74. The van der Waals surface area contributed by atoms with Crippen LogP contribution >= 0.6 is 23.5 Å². The minimum Gasteiger partial charge on any atom is -0.313 e. The summed E-state index contributed by atoms with van der Waals surface area (Å²) < 4.78 is 0. The Morgan fingerprint density at radius 1 is 1.25 bits per heavy atom. The van der Waals surface area contributed by atoms with Gasteiger partial charge >= 0.3 is 0 Å². The highest BCUT2D eigenvalue weighted by Gasteiger charge is 2.20. The van der Waals surface area contributed by atoms with Gasteiger partial charge in [-0.05, 0) is 50.0 Å². The molecule has 1 N–H and O–H groups in total. The van der Waals surface area contributed by atoms with Crippen molar-refractivity contribution in [1.82, 2.24) is 5.32 Å². The van der Waals surface area contributed by atoms with Gasteiger partial charge in [0.05, 0.1) is 0 Å². The van der Waals surface area contributed by atoms with Gasteiger partial charge in [-0.25, -0.2) is 0 Å². The van der Waals surface area contributed by atoms with Gasteiger partial charge in [-0.2, -0.15) is 23.5 Å². The van der Waals surface area contributed by atoms with Gasteiger partial charge in [0.2, 0.25) is 0 Å². The van der Waals surface area contributed by atoms with E-state index in [1.165, 1.54) is 56.6 Å². The summed E-state index contributed by atoms with van der Waals surface area (Å²) in [4.78, 5) is 0. The van der Waals surface area contributed by atoms with Gasteiger partial charge < -0.3 is 5.32 Å². The Bertz CT molecular complexity index is 164. The minimum absolute atomic E-state index is 0.782. The van der Waals surface area contributed by atoms with Crippen molar-refractivity contribution in [3.8, 4) is 0 Å². The minimum atomic E-state index is 0.782. The number of rotatable bonds is 8. The molecule has 0 aromatic rings. The molecule has 0 amide bonds. The fourth-order valence-electron chi connectivity index (χ4n) is 2.20. The zero-order valence-electron chi connectivity index (χ0n) is 10.8. The second kappa shape index (κ2) is 9.67. The molecule has 0 spiro atoms. The standard InChI is InChI=1S/C13H27NS2/c1-12-13(8-7-11-16-12)14-9-5-3-4-6-10-15-2/h12-14H,3-11H2,1-2H3.